The number of nitrogens with zero attached hydrogens (tertiary/aromatic N) is 1. The van der Waals surface area contributed by atoms with E-state index in [-0.39, 0.29) is 25.7 Å². The molecule has 0 saturated carbocycles. The van der Waals surface area contributed by atoms with Crippen molar-refractivity contribution in [1.29, 1.82) is 0 Å². The summed E-state index contributed by atoms with van der Waals surface area (Å²) in [5, 5.41) is 21.0. The number of amides is 2. The Morgan fingerprint density at radius 1 is 0.500 bits per heavy atom. The van der Waals surface area contributed by atoms with Crippen molar-refractivity contribution in [2.45, 2.75) is 219 Å². The Morgan fingerprint density at radius 3 is 1.22 bits per heavy atom. The van der Waals surface area contributed by atoms with E-state index in [0.29, 0.717) is 32.1 Å². The molecule has 2 amide bonds. The molecule has 2 atom stereocenters. The fourth-order valence-electron chi connectivity index (χ4n) is 6.86. The molecule has 46 heavy (non-hydrogen) atoms. The first-order chi connectivity index (χ1) is 22.2. The van der Waals surface area contributed by atoms with E-state index in [9.17, 15) is 29.4 Å². The predicted molar refractivity (Wildman–Crippen MR) is 190 cm³/mol. The summed E-state index contributed by atoms with van der Waals surface area (Å²) in [5.41, 5.74) is -1.84. The van der Waals surface area contributed by atoms with Gasteiger partial charge in [0.05, 0.1) is 6.42 Å². The van der Waals surface area contributed by atoms with Crippen molar-refractivity contribution in [3.05, 3.63) is 0 Å². The van der Waals surface area contributed by atoms with Crippen LogP contribution in [-0.2, 0) is 19.2 Å². The first kappa shape index (κ1) is 44.1. The van der Waals surface area contributed by atoms with Crippen molar-refractivity contribution in [1.82, 2.24) is 4.90 Å². The fourth-order valence-corrected chi connectivity index (χ4v) is 6.86. The van der Waals surface area contributed by atoms with Crippen LogP contribution in [0, 0.1) is 5.92 Å². The van der Waals surface area contributed by atoms with Crippen LogP contribution < -0.4 is 0 Å². The molecule has 0 aromatic carbocycles. The lowest BCUT2D eigenvalue weighted by Gasteiger charge is -2.45. The maximum absolute atomic E-state index is 14.1. The molecule has 0 fully saturated rings. The zero-order valence-corrected chi connectivity index (χ0v) is 30.6. The molecule has 0 heterocycles. The topological polar surface area (TPSA) is 112 Å². The molecule has 0 bridgehead atoms. The average molecular weight is 652 g/mol. The molecule has 0 aliphatic rings. The Bertz CT molecular complexity index is 799. The molecule has 0 radical (unpaired) electrons. The van der Waals surface area contributed by atoms with E-state index in [4.69, 9.17) is 0 Å². The first-order valence-corrected chi connectivity index (χ1v) is 19.5. The van der Waals surface area contributed by atoms with Gasteiger partial charge in [-0.25, -0.2) is 4.79 Å². The molecular weight excluding hydrogens is 578 g/mol. The summed E-state index contributed by atoms with van der Waals surface area (Å²) in [4.78, 5) is 55.0. The molecule has 7 heteroatoms. The maximum Gasteiger partial charge on any atom is 0.330 e. The summed E-state index contributed by atoms with van der Waals surface area (Å²) in [7, 11) is 0. The zero-order valence-electron chi connectivity index (χ0n) is 30.6. The van der Waals surface area contributed by atoms with Crippen molar-refractivity contribution in [2.24, 2.45) is 5.92 Å². The van der Waals surface area contributed by atoms with Crippen LogP contribution in [0.2, 0.25) is 0 Å². The third kappa shape index (κ3) is 19.0. The minimum absolute atomic E-state index is 0.111. The molecule has 0 aromatic heterocycles. The van der Waals surface area contributed by atoms with Gasteiger partial charge in [0.1, 0.15) is 0 Å². The van der Waals surface area contributed by atoms with E-state index in [1.165, 1.54) is 51.4 Å². The van der Waals surface area contributed by atoms with Crippen LogP contribution in [0.15, 0.2) is 0 Å². The van der Waals surface area contributed by atoms with Crippen LogP contribution in [0.5, 0.6) is 0 Å². The van der Waals surface area contributed by atoms with Crippen LogP contribution in [0.1, 0.15) is 214 Å². The summed E-state index contributed by atoms with van der Waals surface area (Å²) >= 11 is 0. The molecule has 0 aliphatic heterocycles. The van der Waals surface area contributed by atoms with Crippen LogP contribution in [-0.4, -0.2) is 44.4 Å². The monoisotopic (exact) mass is 652 g/mol. The average Bonchev–Trinajstić information content (AvgIpc) is 3.02. The highest BCUT2D eigenvalue weighted by Crippen LogP contribution is 2.39. The Morgan fingerprint density at radius 2 is 0.848 bits per heavy atom. The molecule has 1 unspecified atom stereocenters. The number of carbonyl (C=O) groups excluding carboxylic acids is 2. The van der Waals surface area contributed by atoms with Crippen LogP contribution >= 0.6 is 0 Å². The van der Waals surface area contributed by atoms with Gasteiger partial charge in [-0.2, -0.15) is 0 Å². The van der Waals surface area contributed by atoms with Crippen LogP contribution in [0.4, 0.5) is 0 Å². The second-order valence-electron chi connectivity index (χ2n) is 13.8. The van der Waals surface area contributed by atoms with Gasteiger partial charge in [0.2, 0.25) is 11.8 Å². The predicted octanol–water partition coefficient (Wildman–Crippen LogP) is 11.3. The van der Waals surface area contributed by atoms with Gasteiger partial charge in [0.15, 0.2) is 5.54 Å². The van der Waals surface area contributed by atoms with Gasteiger partial charge in [-0.3, -0.25) is 19.3 Å². The third-order valence-electron chi connectivity index (χ3n) is 9.67. The summed E-state index contributed by atoms with van der Waals surface area (Å²) in [5.74, 6) is -4.00. The number of carbonyl (C=O) groups is 4. The number of imide groups is 1. The number of rotatable bonds is 33. The molecule has 0 spiro atoms. The Balaban J connectivity index is 6.19. The van der Waals surface area contributed by atoms with E-state index in [2.05, 4.69) is 27.7 Å². The van der Waals surface area contributed by atoms with Gasteiger partial charge in [0.25, 0.3) is 0 Å². The molecule has 0 aliphatic carbocycles. The highest BCUT2D eigenvalue weighted by molar-refractivity contribution is 6.01. The zero-order chi connectivity index (χ0) is 34.5. The molecule has 2 N–H and O–H groups in total. The maximum atomic E-state index is 14.1. The van der Waals surface area contributed by atoms with E-state index in [0.717, 1.165) is 81.9 Å². The molecule has 7 nitrogen and oxygen atoms in total. The number of hydrogen-bond donors (Lipinski definition) is 2. The largest absolute Gasteiger partial charge is 0.481 e. The number of hydrogen-bond acceptors (Lipinski definition) is 4. The number of carboxylic acids is 2. The molecule has 0 aromatic rings. The smallest absolute Gasteiger partial charge is 0.330 e. The van der Waals surface area contributed by atoms with Crippen molar-refractivity contribution >= 4 is 23.8 Å². The van der Waals surface area contributed by atoms with Crippen molar-refractivity contribution in [3.8, 4) is 0 Å². The second-order valence-corrected chi connectivity index (χ2v) is 13.8. The molecule has 0 saturated heterocycles. The van der Waals surface area contributed by atoms with E-state index in [1.807, 2.05) is 0 Å². The summed E-state index contributed by atoms with van der Waals surface area (Å²) in [6.45, 7) is 8.56. The highest BCUT2D eigenvalue weighted by atomic mass is 16.4. The fraction of sp³-hybridized carbons (Fsp3) is 0.897. The molecular formula is C39H73NO6. The Hall–Kier alpha value is -1.92. The van der Waals surface area contributed by atoms with Crippen molar-refractivity contribution in [2.75, 3.05) is 0 Å². The number of aliphatic carboxylic acids is 2. The molecule has 270 valence electrons. The first-order valence-electron chi connectivity index (χ1n) is 19.5. The van der Waals surface area contributed by atoms with E-state index in [1.54, 1.807) is 0 Å². The Kier molecular flexibility index (Phi) is 28.0. The lowest BCUT2D eigenvalue weighted by atomic mass is 9.73. The summed E-state index contributed by atoms with van der Waals surface area (Å²) < 4.78 is 0. The minimum atomic E-state index is -1.84. The lowest BCUT2D eigenvalue weighted by molar-refractivity contribution is -0.174. The van der Waals surface area contributed by atoms with Gasteiger partial charge in [-0.1, -0.05) is 169 Å². The van der Waals surface area contributed by atoms with Gasteiger partial charge < -0.3 is 10.2 Å². The number of carboxylic acid groups (broad SMARTS) is 2. The lowest BCUT2D eigenvalue weighted by Crippen LogP contribution is -2.63. The minimum Gasteiger partial charge on any atom is -0.481 e. The van der Waals surface area contributed by atoms with E-state index < -0.39 is 35.2 Å². The normalized spacial score (nSPS) is 13.3. The second kappa shape index (κ2) is 29.2. The van der Waals surface area contributed by atoms with Gasteiger partial charge >= 0.3 is 11.9 Å². The molecule has 0 rings (SSSR count). The standard InChI is InChI=1S/C39H73NO6/c1-5-9-13-17-19-20-22-24-27-31-36(42)40(35(41)30-26-23-21-18-14-10-6-2)39(38(45)46,32-28-16-12-8-4)34(33-37(43)44)29-25-15-11-7-3/h34H,5-33H2,1-4H3,(H,43,44)(H,45,46)/t34?,39-/m0/s1. The van der Waals surface area contributed by atoms with E-state index >= 15 is 0 Å². The van der Waals surface area contributed by atoms with Crippen LogP contribution in [0.25, 0.3) is 0 Å². The van der Waals surface area contributed by atoms with Crippen LogP contribution in [0.3, 0.4) is 0 Å². The highest BCUT2D eigenvalue weighted by Gasteiger charge is 2.54. The SMILES string of the molecule is CCCCCCCCCCCC(=O)N(C(=O)CCCCCCCCC)[C@](CCCCCC)(C(=O)O)C(CCCCCC)CC(=O)O. The summed E-state index contributed by atoms with van der Waals surface area (Å²) in [6.07, 6.45) is 24.0. The van der Waals surface area contributed by atoms with Gasteiger partial charge in [-0.15, -0.1) is 0 Å². The van der Waals surface area contributed by atoms with Gasteiger partial charge in [0, 0.05) is 18.8 Å². The van der Waals surface area contributed by atoms with Gasteiger partial charge in [-0.05, 0) is 25.7 Å². The quantitative estimate of drug-likeness (QED) is 0.0683. The number of unbranched alkanes of at least 4 members (excludes halogenated alkanes) is 20. The Labute approximate surface area is 283 Å². The van der Waals surface area contributed by atoms with Crippen molar-refractivity contribution < 1.29 is 29.4 Å². The summed E-state index contributed by atoms with van der Waals surface area (Å²) in [6, 6.07) is 0. The van der Waals surface area contributed by atoms with Crippen molar-refractivity contribution in [3.63, 3.8) is 0 Å². The third-order valence-corrected chi connectivity index (χ3v) is 9.67.